The van der Waals surface area contributed by atoms with Crippen LogP contribution in [-0.2, 0) is 0 Å². The summed E-state index contributed by atoms with van der Waals surface area (Å²) in [6.45, 7) is 1.91. The molecule has 0 unspecified atom stereocenters. The number of nitrogens with one attached hydrogen (secondary N) is 1. The van der Waals surface area contributed by atoms with Gasteiger partial charge in [-0.05, 0) is 36.8 Å². The number of phenolic OH excluding ortho intramolecular Hbond substituents is 1. The topological polar surface area (TPSA) is 58.1 Å². The maximum atomic E-state index is 12.3. The van der Waals surface area contributed by atoms with Gasteiger partial charge in [0.05, 0.1) is 5.52 Å². The number of aromatic amines is 1. The lowest BCUT2D eigenvalue weighted by Gasteiger charge is -2.10. The molecular formula is C15H11F3N2O2. The third kappa shape index (κ3) is 2.69. The molecule has 0 saturated carbocycles. The second-order valence-electron chi connectivity index (χ2n) is 4.85. The number of ether oxygens (including phenoxy) is 1. The first-order chi connectivity index (χ1) is 10.3. The first-order valence-corrected chi connectivity index (χ1v) is 6.37. The number of phenols is 1. The predicted octanol–water partition coefficient (Wildman–Crippen LogP) is 4.14. The van der Waals surface area contributed by atoms with Crippen LogP contribution in [0, 0.1) is 6.92 Å². The molecule has 1 aromatic heterocycles. The monoisotopic (exact) mass is 308 g/mol. The van der Waals surface area contributed by atoms with E-state index in [1.807, 2.05) is 19.1 Å². The van der Waals surface area contributed by atoms with Gasteiger partial charge in [-0.25, -0.2) is 0 Å². The van der Waals surface area contributed by atoms with Crippen LogP contribution < -0.4 is 4.74 Å². The molecule has 0 fully saturated rings. The Kier molecular flexibility index (Phi) is 3.20. The molecule has 0 aliphatic heterocycles. The van der Waals surface area contributed by atoms with Gasteiger partial charge >= 0.3 is 6.36 Å². The Morgan fingerprint density at radius 3 is 2.64 bits per heavy atom. The highest BCUT2D eigenvalue weighted by Crippen LogP contribution is 2.36. The molecule has 2 aromatic carbocycles. The molecule has 22 heavy (non-hydrogen) atoms. The van der Waals surface area contributed by atoms with E-state index in [9.17, 15) is 18.3 Å². The number of aromatic hydroxyl groups is 1. The predicted molar refractivity (Wildman–Crippen MR) is 74.6 cm³/mol. The maximum absolute atomic E-state index is 12.3. The van der Waals surface area contributed by atoms with Crippen LogP contribution in [0.4, 0.5) is 13.2 Å². The number of aryl methyl sites for hydroxylation is 1. The zero-order valence-electron chi connectivity index (χ0n) is 11.4. The molecule has 114 valence electrons. The molecule has 0 saturated heterocycles. The zero-order chi connectivity index (χ0) is 15.9. The number of fused-ring (bicyclic) bond motifs is 1. The van der Waals surface area contributed by atoms with Gasteiger partial charge < -0.3 is 9.84 Å². The molecule has 0 amide bonds. The first-order valence-electron chi connectivity index (χ1n) is 6.37. The van der Waals surface area contributed by atoms with Crippen LogP contribution in [0.1, 0.15) is 5.56 Å². The Labute approximate surface area is 123 Å². The third-order valence-corrected chi connectivity index (χ3v) is 3.18. The molecule has 7 heteroatoms. The second kappa shape index (κ2) is 4.94. The van der Waals surface area contributed by atoms with Crippen LogP contribution in [0.25, 0.3) is 22.2 Å². The summed E-state index contributed by atoms with van der Waals surface area (Å²) in [4.78, 5) is 0. The van der Waals surface area contributed by atoms with E-state index in [-0.39, 0.29) is 11.3 Å². The number of H-pyrrole nitrogens is 1. The summed E-state index contributed by atoms with van der Waals surface area (Å²) in [7, 11) is 0. The normalized spacial score (nSPS) is 11.8. The fourth-order valence-electron chi connectivity index (χ4n) is 2.24. The van der Waals surface area contributed by atoms with E-state index in [1.54, 1.807) is 6.07 Å². The van der Waals surface area contributed by atoms with Gasteiger partial charge in [0.1, 0.15) is 17.2 Å². The Bertz CT molecular complexity index is 840. The molecule has 0 aliphatic carbocycles. The van der Waals surface area contributed by atoms with Crippen LogP contribution >= 0.6 is 0 Å². The van der Waals surface area contributed by atoms with Crippen molar-refractivity contribution in [2.24, 2.45) is 0 Å². The van der Waals surface area contributed by atoms with Gasteiger partial charge in [0.25, 0.3) is 0 Å². The van der Waals surface area contributed by atoms with Crippen LogP contribution in [0.5, 0.6) is 11.5 Å². The summed E-state index contributed by atoms with van der Waals surface area (Å²) in [5.74, 6) is -0.591. The van der Waals surface area contributed by atoms with E-state index < -0.39 is 12.1 Å². The number of alkyl halides is 3. The van der Waals surface area contributed by atoms with Crippen molar-refractivity contribution >= 4 is 10.9 Å². The maximum Gasteiger partial charge on any atom is 0.573 e. The molecule has 1 heterocycles. The van der Waals surface area contributed by atoms with Crippen LogP contribution in [0.2, 0.25) is 0 Å². The Hall–Kier alpha value is -2.70. The van der Waals surface area contributed by atoms with Crippen molar-refractivity contribution in [2.75, 3.05) is 0 Å². The number of rotatable bonds is 2. The fraction of sp³-hybridized carbons (Fsp3) is 0.133. The van der Waals surface area contributed by atoms with Gasteiger partial charge in [-0.2, -0.15) is 5.10 Å². The minimum Gasteiger partial charge on any atom is -0.507 e. The Morgan fingerprint density at radius 1 is 1.14 bits per heavy atom. The van der Waals surface area contributed by atoms with Crippen molar-refractivity contribution in [1.29, 1.82) is 0 Å². The summed E-state index contributed by atoms with van der Waals surface area (Å²) < 4.78 is 40.8. The van der Waals surface area contributed by atoms with Crippen LogP contribution in [-0.4, -0.2) is 21.7 Å². The van der Waals surface area contributed by atoms with Crippen molar-refractivity contribution in [3.05, 3.63) is 42.0 Å². The largest absolute Gasteiger partial charge is 0.573 e. The molecule has 3 rings (SSSR count). The molecule has 0 atom stereocenters. The summed E-state index contributed by atoms with van der Waals surface area (Å²) >= 11 is 0. The lowest BCUT2D eigenvalue weighted by Crippen LogP contribution is -2.17. The fourth-order valence-corrected chi connectivity index (χ4v) is 2.24. The average Bonchev–Trinajstić information content (AvgIpc) is 2.82. The molecule has 0 aliphatic rings. The molecule has 0 spiro atoms. The molecule has 0 bridgehead atoms. The quantitative estimate of drug-likeness (QED) is 0.748. The summed E-state index contributed by atoms with van der Waals surface area (Å²) in [5, 5.41) is 17.5. The van der Waals surface area contributed by atoms with Gasteiger partial charge in [0.15, 0.2) is 0 Å². The Morgan fingerprint density at radius 2 is 1.91 bits per heavy atom. The van der Waals surface area contributed by atoms with Crippen LogP contribution in [0.3, 0.4) is 0 Å². The summed E-state index contributed by atoms with van der Waals surface area (Å²) in [5.41, 5.74) is 2.27. The standard InChI is InChI=1S/C15H11F3N2O2/c1-8-2-4-10-12(6-8)19-20-14(10)11-7-9(3-5-13(11)21)22-15(16,17)18/h2-7,21H,1H3,(H,19,20). The highest BCUT2D eigenvalue weighted by Gasteiger charge is 2.31. The van der Waals surface area contributed by atoms with Gasteiger partial charge in [-0.15, -0.1) is 13.2 Å². The zero-order valence-corrected chi connectivity index (χ0v) is 11.4. The van der Waals surface area contributed by atoms with E-state index >= 15 is 0 Å². The minimum atomic E-state index is -4.79. The second-order valence-corrected chi connectivity index (χ2v) is 4.85. The molecule has 3 aromatic rings. The van der Waals surface area contributed by atoms with Gasteiger partial charge in [-0.3, -0.25) is 5.10 Å². The van der Waals surface area contributed by atoms with Crippen molar-refractivity contribution in [3.63, 3.8) is 0 Å². The van der Waals surface area contributed by atoms with Crippen molar-refractivity contribution in [1.82, 2.24) is 10.2 Å². The number of nitrogens with zero attached hydrogens (tertiary/aromatic N) is 1. The van der Waals surface area contributed by atoms with E-state index in [0.717, 1.165) is 29.3 Å². The molecule has 0 radical (unpaired) electrons. The average molecular weight is 308 g/mol. The molecule has 2 N–H and O–H groups in total. The molecule has 4 nitrogen and oxygen atoms in total. The molecular weight excluding hydrogens is 297 g/mol. The SMILES string of the molecule is Cc1ccc2c(-c3cc(OC(F)(F)F)ccc3O)n[nH]c2c1. The number of halogens is 3. The number of benzene rings is 2. The number of hydrogen-bond donors (Lipinski definition) is 2. The first kappa shape index (κ1) is 14.2. The lowest BCUT2D eigenvalue weighted by molar-refractivity contribution is -0.274. The highest BCUT2D eigenvalue weighted by atomic mass is 19.4. The third-order valence-electron chi connectivity index (χ3n) is 3.18. The van der Waals surface area contributed by atoms with E-state index in [2.05, 4.69) is 14.9 Å². The summed E-state index contributed by atoms with van der Waals surface area (Å²) in [6, 6.07) is 8.81. The highest BCUT2D eigenvalue weighted by molar-refractivity contribution is 5.94. The Balaban J connectivity index is 2.11. The van der Waals surface area contributed by atoms with E-state index in [0.29, 0.717) is 11.1 Å². The lowest BCUT2D eigenvalue weighted by atomic mass is 10.1. The van der Waals surface area contributed by atoms with E-state index in [4.69, 9.17) is 0 Å². The van der Waals surface area contributed by atoms with Crippen LogP contribution in [0.15, 0.2) is 36.4 Å². The summed E-state index contributed by atoms with van der Waals surface area (Å²) in [6.07, 6.45) is -4.79. The van der Waals surface area contributed by atoms with Crippen molar-refractivity contribution in [2.45, 2.75) is 13.3 Å². The van der Waals surface area contributed by atoms with Crippen molar-refractivity contribution < 1.29 is 23.0 Å². The number of hydrogen-bond acceptors (Lipinski definition) is 3. The van der Waals surface area contributed by atoms with Gasteiger partial charge in [0, 0.05) is 10.9 Å². The van der Waals surface area contributed by atoms with E-state index in [1.165, 1.54) is 0 Å². The number of aromatic nitrogens is 2. The smallest absolute Gasteiger partial charge is 0.507 e. The van der Waals surface area contributed by atoms with Gasteiger partial charge in [-0.1, -0.05) is 12.1 Å². The minimum absolute atomic E-state index is 0.164. The van der Waals surface area contributed by atoms with Gasteiger partial charge in [0.2, 0.25) is 0 Å². The van der Waals surface area contributed by atoms with Crippen molar-refractivity contribution in [3.8, 4) is 22.8 Å².